The average molecular weight is 404 g/mol. The van der Waals surface area contributed by atoms with Crippen molar-refractivity contribution < 1.29 is 4.74 Å². The molecule has 1 aliphatic heterocycles. The lowest BCUT2D eigenvalue weighted by Gasteiger charge is -2.30. The summed E-state index contributed by atoms with van der Waals surface area (Å²) in [5, 5.41) is 0. The minimum Gasteiger partial charge on any atom is -0.481 e. The van der Waals surface area contributed by atoms with E-state index in [1.165, 1.54) is 12.8 Å². The smallest absolute Gasteiger partial charge is 0.218 e. The lowest BCUT2D eigenvalue weighted by atomic mass is 10.2. The summed E-state index contributed by atoms with van der Waals surface area (Å²) in [7, 11) is 1.65. The van der Waals surface area contributed by atoms with E-state index in [-0.39, 0.29) is 0 Å². The summed E-state index contributed by atoms with van der Waals surface area (Å²) in [6.07, 6.45) is 5.17. The van der Waals surface area contributed by atoms with Crippen molar-refractivity contribution in [2.45, 2.75) is 38.3 Å². The van der Waals surface area contributed by atoms with Crippen molar-refractivity contribution in [2.24, 2.45) is 0 Å². The van der Waals surface area contributed by atoms with Gasteiger partial charge in [0.05, 0.1) is 12.8 Å². The summed E-state index contributed by atoms with van der Waals surface area (Å²) in [6, 6.07) is 7.15. The molecule has 3 heterocycles. The Labute approximate surface area is 156 Å². The van der Waals surface area contributed by atoms with Gasteiger partial charge in [0.15, 0.2) is 0 Å². The molecule has 1 aliphatic carbocycles. The standard InChI is InChI=1S/C18H22BrN5O/c1-12-15(19)5-6-16(22-12)23-8-7-14(10-23)24(13-3-4-13)17-9-18(25-2)21-11-20-17/h5-6,9,11,13-14H,3-4,7-8,10H2,1-2H3. The number of ether oxygens (including phenoxy) is 1. The quantitative estimate of drug-likeness (QED) is 0.763. The van der Waals surface area contributed by atoms with E-state index in [4.69, 9.17) is 9.72 Å². The molecule has 2 aromatic rings. The number of aryl methyl sites for hydroxylation is 1. The first-order valence-electron chi connectivity index (χ1n) is 8.68. The van der Waals surface area contributed by atoms with Gasteiger partial charge in [-0.25, -0.2) is 15.0 Å². The van der Waals surface area contributed by atoms with Crippen LogP contribution < -0.4 is 14.5 Å². The number of rotatable bonds is 5. The third kappa shape index (κ3) is 3.42. The molecule has 0 amide bonds. The van der Waals surface area contributed by atoms with E-state index in [9.17, 15) is 0 Å². The average Bonchev–Trinajstić information content (AvgIpc) is 3.34. The van der Waals surface area contributed by atoms with Gasteiger partial charge in [-0.2, -0.15) is 0 Å². The molecule has 0 bridgehead atoms. The van der Waals surface area contributed by atoms with E-state index in [0.717, 1.165) is 41.3 Å². The first kappa shape index (κ1) is 16.6. The van der Waals surface area contributed by atoms with Crippen molar-refractivity contribution in [3.05, 3.63) is 34.7 Å². The summed E-state index contributed by atoms with van der Waals surface area (Å²) in [5.41, 5.74) is 1.03. The lowest BCUT2D eigenvalue weighted by molar-refractivity contribution is 0.396. The highest BCUT2D eigenvalue weighted by Crippen LogP contribution is 2.36. The number of nitrogens with zero attached hydrogens (tertiary/aromatic N) is 5. The summed E-state index contributed by atoms with van der Waals surface area (Å²) >= 11 is 3.53. The van der Waals surface area contributed by atoms with E-state index >= 15 is 0 Å². The van der Waals surface area contributed by atoms with Crippen LogP contribution in [0.25, 0.3) is 0 Å². The van der Waals surface area contributed by atoms with E-state index in [2.05, 4.69) is 47.8 Å². The van der Waals surface area contributed by atoms with Crippen LogP contribution in [-0.2, 0) is 0 Å². The van der Waals surface area contributed by atoms with E-state index < -0.39 is 0 Å². The second-order valence-corrected chi connectivity index (χ2v) is 7.54. The second kappa shape index (κ2) is 6.78. The van der Waals surface area contributed by atoms with Crippen LogP contribution in [0.15, 0.2) is 29.0 Å². The Morgan fingerprint density at radius 1 is 1.20 bits per heavy atom. The fourth-order valence-electron chi connectivity index (χ4n) is 3.49. The Morgan fingerprint density at radius 3 is 2.76 bits per heavy atom. The number of hydrogen-bond acceptors (Lipinski definition) is 6. The van der Waals surface area contributed by atoms with Crippen molar-refractivity contribution in [3.63, 3.8) is 0 Å². The van der Waals surface area contributed by atoms with Gasteiger partial charge in [-0.05, 0) is 54.2 Å². The van der Waals surface area contributed by atoms with Gasteiger partial charge < -0.3 is 14.5 Å². The zero-order chi connectivity index (χ0) is 17.4. The van der Waals surface area contributed by atoms with Crippen molar-refractivity contribution in [1.82, 2.24) is 15.0 Å². The second-order valence-electron chi connectivity index (χ2n) is 6.68. The molecular formula is C18H22BrN5O. The van der Waals surface area contributed by atoms with Crippen LogP contribution in [0.1, 0.15) is 25.0 Å². The van der Waals surface area contributed by atoms with Crippen LogP contribution in [0.2, 0.25) is 0 Å². The summed E-state index contributed by atoms with van der Waals surface area (Å²) in [6.45, 7) is 4.02. The fourth-order valence-corrected chi connectivity index (χ4v) is 3.71. The minimum absolute atomic E-state index is 0.442. The SMILES string of the molecule is COc1cc(N(C2CC2)C2CCN(c3ccc(Br)c(C)n3)C2)ncn1. The molecule has 0 aromatic carbocycles. The van der Waals surface area contributed by atoms with Gasteiger partial charge in [0.1, 0.15) is 18.0 Å². The number of pyridine rings is 1. The summed E-state index contributed by atoms with van der Waals surface area (Å²) in [5.74, 6) is 2.65. The molecule has 25 heavy (non-hydrogen) atoms. The van der Waals surface area contributed by atoms with Gasteiger partial charge in [-0.3, -0.25) is 0 Å². The number of aromatic nitrogens is 3. The molecule has 132 valence electrons. The van der Waals surface area contributed by atoms with Gasteiger partial charge in [-0.15, -0.1) is 0 Å². The first-order chi connectivity index (χ1) is 12.2. The predicted molar refractivity (Wildman–Crippen MR) is 101 cm³/mol. The van der Waals surface area contributed by atoms with Gasteiger partial charge in [0, 0.05) is 35.7 Å². The van der Waals surface area contributed by atoms with Crippen LogP contribution in [0.4, 0.5) is 11.6 Å². The Kier molecular flexibility index (Phi) is 4.50. The summed E-state index contributed by atoms with van der Waals surface area (Å²) < 4.78 is 6.34. The third-order valence-corrected chi connectivity index (χ3v) is 5.77. The Morgan fingerprint density at radius 2 is 2.04 bits per heavy atom. The molecular weight excluding hydrogens is 382 g/mol. The molecule has 1 saturated heterocycles. The van der Waals surface area contributed by atoms with Crippen LogP contribution >= 0.6 is 15.9 Å². The number of hydrogen-bond donors (Lipinski definition) is 0. The largest absolute Gasteiger partial charge is 0.481 e. The maximum Gasteiger partial charge on any atom is 0.218 e. The van der Waals surface area contributed by atoms with Crippen LogP contribution in [0, 0.1) is 6.92 Å². The van der Waals surface area contributed by atoms with Gasteiger partial charge in [0.25, 0.3) is 0 Å². The van der Waals surface area contributed by atoms with Crippen molar-refractivity contribution in [3.8, 4) is 5.88 Å². The van der Waals surface area contributed by atoms with Crippen molar-refractivity contribution in [2.75, 3.05) is 30.0 Å². The van der Waals surface area contributed by atoms with Crippen LogP contribution in [-0.4, -0.2) is 47.2 Å². The number of methoxy groups -OCH3 is 1. The lowest BCUT2D eigenvalue weighted by Crippen LogP contribution is -2.40. The van der Waals surface area contributed by atoms with E-state index in [1.54, 1.807) is 13.4 Å². The molecule has 2 aromatic heterocycles. The zero-order valence-corrected chi connectivity index (χ0v) is 16.1. The van der Waals surface area contributed by atoms with Crippen molar-refractivity contribution >= 4 is 27.6 Å². The Bertz CT molecular complexity index is 767. The molecule has 4 rings (SSSR count). The van der Waals surface area contributed by atoms with E-state index in [1.807, 2.05) is 13.0 Å². The highest BCUT2D eigenvalue weighted by molar-refractivity contribution is 9.10. The molecule has 2 aliphatic rings. The van der Waals surface area contributed by atoms with Crippen LogP contribution in [0.5, 0.6) is 5.88 Å². The zero-order valence-electron chi connectivity index (χ0n) is 14.5. The minimum atomic E-state index is 0.442. The number of anilines is 2. The van der Waals surface area contributed by atoms with Gasteiger partial charge in [-0.1, -0.05) is 0 Å². The Balaban J connectivity index is 1.54. The normalized spacial score (nSPS) is 20.0. The molecule has 2 fully saturated rings. The summed E-state index contributed by atoms with van der Waals surface area (Å²) in [4.78, 5) is 18.2. The first-order valence-corrected chi connectivity index (χ1v) is 9.47. The molecule has 6 nitrogen and oxygen atoms in total. The third-order valence-electron chi connectivity index (χ3n) is 4.93. The monoisotopic (exact) mass is 403 g/mol. The Hall–Kier alpha value is -1.89. The molecule has 0 radical (unpaired) electrons. The van der Waals surface area contributed by atoms with Crippen LogP contribution in [0.3, 0.4) is 0 Å². The fraction of sp³-hybridized carbons (Fsp3) is 0.500. The van der Waals surface area contributed by atoms with E-state index in [0.29, 0.717) is 18.0 Å². The maximum absolute atomic E-state index is 5.28. The molecule has 1 unspecified atom stereocenters. The topological polar surface area (TPSA) is 54.4 Å². The predicted octanol–water partition coefficient (Wildman–Crippen LogP) is 3.20. The maximum atomic E-state index is 5.28. The van der Waals surface area contributed by atoms with Gasteiger partial charge >= 0.3 is 0 Å². The molecule has 7 heteroatoms. The van der Waals surface area contributed by atoms with Crippen molar-refractivity contribution in [1.29, 1.82) is 0 Å². The van der Waals surface area contributed by atoms with Gasteiger partial charge in [0.2, 0.25) is 5.88 Å². The highest BCUT2D eigenvalue weighted by Gasteiger charge is 2.38. The highest BCUT2D eigenvalue weighted by atomic mass is 79.9. The number of halogens is 1. The molecule has 1 atom stereocenters. The molecule has 0 N–H and O–H groups in total. The molecule has 0 spiro atoms. The molecule has 1 saturated carbocycles.